The van der Waals surface area contributed by atoms with Crippen molar-refractivity contribution in [1.29, 1.82) is 0 Å². The molecule has 0 unspecified atom stereocenters. The van der Waals surface area contributed by atoms with Gasteiger partial charge in [0.15, 0.2) is 0 Å². The molecule has 0 saturated heterocycles. The van der Waals surface area contributed by atoms with Crippen molar-refractivity contribution in [2.75, 3.05) is 0 Å². The lowest BCUT2D eigenvalue weighted by Crippen LogP contribution is -2.33. The Bertz CT molecular complexity index is 412. The largest absolute Gasteiger partial charge is 0.361 e. The van der Waals surface area contributed by atoms with E-state index in [-0.39, 0.29) is 13.0 Å². The van der Waals surface area contributed by atoms with Gasteiger partial charge < -0.3 is 5.73 Å². The van der Waals surface area contributed by atoms with Crippen LogP contribution in [0.2, 0.25) is 0 Å². The molecular formula is C4H2Cl4N6O4. The summed E-state index contributed by atoms with van der Waals surface area (Å²) in [5.74, 6) is -5.82. The van der Waals surface area contributed by atoms with Gasteiger partial charge in [0.25, 0.3) is 0 Å². The topological polar surface area (TPSA) is 129 Å². The summed E-state index contributed by atoms with van der Waals surface area (Å²) in [5.41, 5.74) is 4.57. The smallest absolute Gasteiger partial charge is 0.351 e. The highest BCUT2D eigenvalue weighted by Crippen LogP contribution is 2.07. The predicted octanol–water partition coefficient (Wildman–Crippen LogP) is -0.145. The number of carbonyl (C=O) groups excluding carboxylic acids is 4. The van der Waals surface area contributed by atoms with E-state index in [2.05, 4.69) is 16.2 Å². The zero-order chi connectivity index (χ0) is 14.5. The summed E-state index contributed by atoms with van der Waals surface area (Å²) >= 11 is 20.1. The highest BCUT2D eigenvalue weighted by atomic mass is 35.5. The average Bonchev–Trinajstić information content (AvgIpc) is 2.32. The lowest BCUT2D eigenvalue weighted by atomic mass is 10.6. The Hall–Kier alpha value is -1.36. The van der Waals surface area contributed by atoms with Crippen molar-refractivity contribution in [1.82, 2.24) is 13.0 Å². The molecule has 0 aliphatic heterocycles. The quantitative estimate of drug-likeness (QED) is 0.324. The van der Waals surface area contributed by atoms with Crippen molar-refractivity contribution in [2.24, 2.45) is 16.2 Å². The van der Waals surface area contributed by atoms with Crippen LogP contribution in [0.1, 0.15) is 0 Å². The number of hydrogen-bond donors (Lipinski definition) is 1. The third-order valence-corrected chi connectivity index (χ3v) is 1.83. The molecular weight excluding hydrogens is 338 g/mol. The van der Waals surface area contributed by atoms with E-state index in [9.17, 15) is 19.2 Å². The summed E-state index contributed by atoms with van der Waals surface area (Å²) in [6, 6.07) is 0. The number of amides is 4. The van der Waals surface area contributed by atoms with Gasteiger partial charge >= 0.3 is 23.6 Å². The Morgan fingerprint density at radius 1 is 0.778 bits per heavy atom. The fourth-order valence-corrected chi connectivity index (χ4v) is 0.754. The van der Waals surface area contributed by atoms with Gasteiger partial charge in [0.2, 0.25) is 0 Å². The van der Waals surface area contributed by atoms with Crippen LogP contribution in [-0.4, -0.2) is 36.6 Å². The predicted molar refractivity (Wildman–Crippen MR) is 58.0 cm³/mol. The third-order valence-electron chi connectivity index (χ3n) is 1.08. The van der Waals surface area contributed by atoms with E-state index in [4.69, 9.17) is 47.1 Å². The molecule has 2 N–H and O–H groups in total. The first-order chi connectivity index (χ1) is 8.18. The molecule has 100 valence electrons. The zero-order valence-electron chi connectivity index (χ0n) is 7.96. The molecule has 0 aromatic heterocycles. The first-order valence-corrected chi connectivity index (χ1v) is 4.90. The number of primary amides is 1. The van der Waals surface area contributed by atoms with Gasteiger partial charge in [-0.3, -0.25) is 19.2 Å². The molecule has 4 amide bonds. The lowest BCUT2D eigenvalue weighted by molar-refractivity contribution is -0.144. The van der Waals surface area contributed by atoms with Crippen molar-refractivity contribution in [3.8, 4) is 0 Å². The van der Waals surface area contributed by atoms with Gasteiger partial charge in [-0.1, -0.05) is 0 Å². The molecule has 0 aliphatic rings. The molecule has 0 rings (SSSR count). The maximum atomic E-state index is 11.0. The van der Waals surface area contributed by atoms with Crippen LogP contribution in [0, 0.1) is 0 Å². The highest BCUT2D eigenvalue weighted by molar-refractivity contribution is 6.54. The van der Waals surface area contributed by atoms with Gasteiger partial charge in [0.05, 0.1) is 0 Å². The number of rotatable bonds is 2. The van der Waals surface area contributed by atoms with Crippen LogP contribution in [0.25, 0.3) is 0 Å². The number of nitrogens with two attached hydrogens (primary N) is 1. The van der Waals surface area contributed by atoms with Crippen molar-refractivity contribution >= 4 is 70.7 Å². The Morgan fingerprint density at radius 2 is 1.17 bits per heavy atom. The zero-order valence-corrected chi connectivity index (χ0v) is 11.0. The van der Waals surface area contributed by atoms with Crippen molar-refractivity contribution in [3.05, 3.63) is 0 Å². The second kappa shape index (κ2) is 7.16. The molecule has 10 nitrogen and oxygen atoms in total. The van der Waals surface area contributed by atoms with E-state index in [0.717, 1.165) is 0 Å². The van der Waals surface area contributed by atoms with Crippen LogP contribution >= 0.6 is 47.1 Å². The summed E-state index contributed by atoms with van der Waals surface area (Å²) in [6.45, 7) is 0. The number of nitrogens with zero attached hydrogens (tertiary/aromatic N) is 5. The minimum absolute atomic E-state index is 0.111. The number of hydrogen-bond acceptors (Lipinski definition) is 6. The van der Waals surface area contributed by atoms with Crippen LogP contribution in [0.3, 0.4) is 0 Å². The molecule has 0 saturated carbocycles. The molecule has 0 aromatic carbocycles. The Balaban J connectivity index is 4.62. The minimum atomic E-state index is -1.50. The van der Waals surface area contributed by atoms with E-state index >= 15 is 0 Å². The summed E-state index contributed by atoms with van der Waals surface area (Å²) in [4.78, 5) is 43.0. The maximum Gasteiger partial charge on any atom is 0.351 e. The number of carbonyl (C=O) groups is 4. The summed E-state index contributed by atoms with van der Waals surface area (Å²) in [6.07, 6.45) is 0. The van der Waals surface area contributed by atoms with Crippen molar-refractivity contribution in [3.63, 3.8) is 0 Å². The molecule has 0 heterocycles. The van der Waals surface area contributed by atoms with E-state index < -0.39 is 23.6 Å². The second-order valence-corrected chi connectivity index (χ2v) is 3.70. The average molecular weight is 340 g/mol. The summed E-state index contributed by atoms with van der Waals surface area (Å²) in [7, 11) is 0. The molecule has 0 atom stereocenters. The van der Waals surface area contributed by atoms with E-state index in [1.807, 2.05) is 0 Å². The first kappa shape index (κ1) is 16.6. The molecule has 0 aliphatic carbocycles. The van der Waals surface area contributed by atoms with E-state index in [0.29, 0.717) is 0 Å². The van der Waals surface area contributed by atoms with Gasteiger partial charge in [-0.2, -0.15) is 3.94 Å². The van der Waals surface area contributed by atoms with E-state index in [1.54, 1.807) is 0 Å². The normalized spacial score (nSPS) is 10.0. The van der Waals surface area contributed by atoms with Crippen LogP contribution in [-0.2, 0) is 19.2 Å². The van der Waals surface area contributed by atoms with Gasteiger partial charge in [0.1, 0.15) is 0 Å². The fourth-order valence-electron chi connectivity index (χ4n) is 0.394. The van der Waals surface area contributed by atoms with E-state index in [1.165, 1.54) is 0 Å². The minimum Gasteiger partial charge on any atom is -0.361 e. The second-order valence-electron chi connectivity index (χ2n) is 2.21. The number of halogens is 4. The highest BCUT2D eigenvalue weighted by Gasteiger charge is 2.26. The van der Waals surface area contributed by atoms with Crippen LogP contribution in [0.4, 0.5) is 0 Å². The van der Waals surface area contributed by atoms with Gasteiger partial charge in [-0.05, 0) is 10.4 Å². The molecule has 18 heavy (non-hydrogen) atoms. The molecule has 0 radical (unpaired) electrons. The van der Waals surface area contributed by atoms with Crippen LogP contribution in [0.5, 0.6) is 0 Å². The Morgan fingerprint density at radius 3 is 1.50 bits per heavy atom. The first-order valence-electron chi connectivity index (χ1n) is 3.55. The molecule has 0 fully saturated rings. The monoisotopic (exact) mass is 338 g/mol. The Labute approximate surface area is 119 Å². The molecule has 0 aromatic rings. The maximum absolute atomic E-state index is 11.0. The van der Waals surface area contributed by atoms with Crippen molar-refractivity contribution < 1.29 is 19.2 Å². The Kier molecular flexibility index (Phi) is 6.62. The summed E-state index contributed by atoms with van der Waals surface area (Å²) in [5, 5.41) is 5.60. The molecule has 0 spiro atoms. The van der Waals surface area contributed by atoms with Gasteiger partial charge in [-0.15, -0.1) is 9.06 Å². The lowest BCUT2D eigenvalue weighted by Gasteiger charge is -2.07. The van der Waals surface area contributed by atoms with Crippen LogP contribution in [0.15, 0.2) is 10.4 Å². The SMILES string of the molecule is NC(=O)C(=O)N(Cl)N=NN(Cl)C(=O)C(=O)N(Cl)Cl. The van der Waals surface area contributed by atoms with Gasteiger partial charge in [0, 0.05) is 47.1 Å². The molecule has 0 bridgehead atoms. The van der Waals surface area contributed by atoms with Crippen molar-refractivity contribution in [2.45, 2.75) is 0 Å². The van der Waals surface area contributed by atoms with Crippen LogP contribution < -0.4 is 5.73 Å². The van der Waals surface area contributed by atoms with Gasteiger partial charge in [-0.25, -0.2) is 0 Å². The summed E-state index contributed by atoms with van der Waals surface area (Å²) < 4.78 is -0.390. The standard InChI is InChI=1S/C4H2Cl4N6O4/c5-12(6)3(17)4(18)14(8)11-10-13(7)2(16)1(9)15/h(H2,9,15). The fraction of sp³-hybridized carbons (Fsp3) is 0. The molecule has 14 heteroatoms. The third kappa shape index (κ3) is 4.87.